The Hall–Kier alpha value is -1.53. The number of rotatable bonds is 2. The SMILES string of the molecule is Cl.NCc1nc(-c2ccc3c(c2)Nc2ccccc2S3)cs1. The van der Waals surface area contributed by atoms with Crippen molar-refractivity contribution in [3.8, 4) is 11.3 Å². The molecule has 1 aromatic heterocycles. The van der Waals surface area contributed by atoms with Crippen molar-refractivity contribution in [2.24, 2.45) is 5.73 Å². The van der Waals surface area contributed by atoms with E-state index in [2.05, 4.69) is 58.1 Å². The molecule has 0 fully saturated rings. The Bertz CT molecular complexity index is 817. The Morgan fingerprint density at radius 1 is 1.05 bits per heavy atom. The van der Waals surface area contributed by atoms with Crippen molar-refractivity contribution in [1.29, 1.82) is 0 Å². The molecule has 0 unspecified atom stereocenters. The molecule has 3 N–H and O–H groups in total. The summed E-state index contributed by atoms with van der Waals surface area (Å²) in [7, 11) is 0. The van der Waals surface area contributed by atoms with Gasteiger partial charge in [0.15, 0.2) is 0 Å². The van der Waals surface area contributed by atoms with E-state index >= 15 is 0 Å². The predicted octanol–water partition coefficient (Wildman–Crippen LogP) is 4.90. The van der Waals surface area contributed by atoms with Crippen LogP contribution in [-0.4, -0.2) is 4.98 Å². The van der Waals surface area contributed by atoms with Gasteiger partial charge >= 0.3 is 0 Å². The zero-order valence-corrected chi connectivity index (χ0v) is 14.0. The summed E-state index contributed by atoms with van der Waals surface area (Å²) >= 11 is 3.40. The maximum absolute atomic E-state index is 5.64. The van der Waals surface area contributed by atoms with E-state index < -0.39 is 0 Å². The van der Waals surface area contributed by atoms with Crippen molar-refractivity contribution < 1.29 is 0 Å². The molecule has 1 aliphatic heterocycles. The number of thiazole rings is 1. The predicted molar refractivity (Wildman–Crippen MR) is 96.5 cm³/mol. The second kappa shape index (κ2) is 6.30. The standard InChI is InChI=1S/C16H13N3S2.ClH/c17-8-16-19-13(9-20-16)10-5-6-15-12(7-10)18-11-3-1-2-4-14(11)21-15;/h1-7,9,18H,8,17H2;1H. The lowest BCUT2D eigenvalue weighted by Crippen LogP contribution is -1.99. The zero-order valence-electron chi connectivity index (χ0n) is 11.6. The van der Waals surface area contributed by atoms with Crippen molar-refractivity contribution >= 4 is 46.9 Å². The molecule has 0 bridgehead atoms. The Morgan fingerprint density at radius 2 is 1.86 bits per heavy atom. The molecular weight excluding hydrogens is 334 g/mol. The van der Waals surface area contributed by atoms with Gasteiger partial charge in [0.25, 0.3) is 0 Å². The molecule has 0 atom stereocenters. The van der Waals surface area contributed by atoms with Gasteiger partial charge in [-0.25, -0.2) is 4.98 Å². The highest BCUT2D eigenvalue weighted by molar-refractivity contribution is 7.99. The highest BCUT2D eigenvalue weighted by Gasteiger charge is 2.16. The van der Waals surface area contributed by atoms with Crippen LogP contribution in [0.2, 0.25) is 0 Å². The molecule has 6 heteroatoms. The van der Waals surface area contributed by atoms with E-state index in [1.807, 2.05) is 0 Å². The Labute approximate surface area is 143 Å². The smallest absolute Gasteiger partial charge is 0.107 e. The first-order valence-corrected chi connectivity index (χ1v) is 8.36. The van der Waals surface area contributed by atoms with E-state index in [1.54, 1.807) is 23.1 Å². The number of hydrogen-bond donors (Lipinski definition) is 2. The fraction of sp³-hybridized carbons (Fsp3) is 0.0625. The third kappa shape index (κ3) is 2.73. The summed E-state index contributed by atoms with van der Waals surface area (Å²) in [6, 6.07) is 14.8. The van der Waals surface area contributed by atoms with Crippen molar-refractivity contribution in [2.75, 3.05) is 5.32 Å². The maximum Gasteiger partial charge on any atom is 0.107 e. The van der Waals surface area contributed by atoms with Crippen LogP contribution in [0.1, 0.15) is 5.01 Å². The summed E-state index contributed by atoms with van der Waals surface area (Å²) in [4.78, 5) is 7.05. The van der Waals surface area contributed by atoms with E-state index in [9.17, 15) is 0 Å². The average Bonchev–Trinajstić information content (AvgIpc) is 3.01. The first kappa shape index (κ1) is 15.4. The molecule has 0 aliphatic carbocycles. The van der Waals surface area contributed by atoms with Crippen molar-refractivity contribution in [1.82, 2.24) is 4.98 Å². The quantitative estimate of drug-likeness (QED) is 0.541. The number of fused-ring (bicyclic) bond motifs is 2. The fourth-order valence-corrected chi connectivity index (χ4v) is 3.99. The summed E-state index contributed by atoms with van der Waals surface area (Å²) in [5, 5.41) is 6.53. The van der Waals surface area contributed by atoms with Crippen LogP contribution in [0, 0.1) is 0 Å². The van der Waals surface area contributed by atoms with Gasteiger partial charge in [0.2, 0.25) is 0 Å². The number of halogens is 1. The van der Waals surface area contributed by atoms with Crippen molar-refractivity contribution in [2.45, 2.75) is 16.3 Å². The summed E-state index contributed by atoms with van der Waals surface area (Å²) in [5.41, 5.74) is 10.1. The number of benzene rings is 2. The number of nitrogens with two attached hydrogens (primary N) is 1. The number of hydrogen-bond acceptors (Lipinski definition) is 5. The van der Waals surface area contributed by atoms with Gasteiger partial charge in [-0.2, -0.15) is 0 Å². The van der Waals surface area contributed by atoms with E-state index in [1.165, 1.54) is 9.79 Å². The lowest BCUT2D eigenvalue weighted by Gasteiger charge is -2.21. The third-order valence-corrected chi connectivity index (χ3v) is 5.40. The normalized spacial score (nSPS) is 11.9. The number of nitrogens with zero attached hydrogens (tertiary/aromatic N) is 1. The Kier molecular flexibility index (Phi) is 4.40. The average molecular weight is 348 g/mol. The number of aromatic nitrogens is 1. The molecule has 0 radical (unpaired) electrons. The number of nitrogens with one attached hydrogen (secondary N) is 1. The van der Waals surface area contributed by atoms with Crippen LogP contribution in [0.4, 0.5) is 11.4 Å². The van der Waals surface area contributed by atoms with Gasteiger partial charge in [0.05, 0.1) is 17.1 Å². The van der Waals surface area contributed by atoms with E-state index in [0.717, 1.165) is 27.6 Å². The molecule has 2 heterocycles. The van der Waals surface area contributed by atoms with Crippen LogP contribution < -0.4 is 11.1 Å². The van der Waals surface area contributed by atoms with Gasteiger partial charge in [-0.1, -0.05) is 30.0 Å². The van der Waals surface area contributed by atoms with E-state index in [0.29, 0.717) is 6.54 Å². The van der Waals surface area contributed by atoms with Crippen LogP contribution in [0.3, 0.4) is 0 Å². The first-order chi connectivity index (χ1) is 10.3. The minimum absolute atomic E-state index is 0. The van der Waals surface area contributed by atoms with Crippen molar-refractivity contribution in [3.05, 3.63) is 52.9 Å². The van der Waals surface area contributed by atoms with Gasteiger partial charge in [0, 0.05) is 27.3 Å². The molecule has 4 rings (SSSR count). The molecule has 1 aliphatic rings. The maximum atomic E-state index is 5.64. The molecule has 112 valence electrons. The summed E-state index contributed by atoms with van der Waals surface area (Å²) in [6.07, 6.45) is 0. The molecule has 2 aromatic carbocycles. The Balaban J connectivity index is 0.00000144. The highest BCUT2D eigenvalue weighted by Crippen LogP contribution is 2.45. The molecule has 22 heavy (non-hydrogen) atoms. The van der Waals surface area contributed by atoms with Crippen LogP contribution in [0.15, 0.2) is 57.6 Å². The zero-order chi connectivity index (χ0) is 14.2. The fourth-order valence-electron chi connectivity index (χ4n) is 2.34. The Morgan fingerprint density at radius 3 is 2.68 bits per heavy atom. The lowest BCUT2D eigenvalue weighted by molar-refractivity contribution is 1.04. The van der Waals surface area contributed by atoms with E-state index in [-0.39, 0.29) is 12.4 Å². The minimum atomic E-state index is 0. The van der Waals surface area contributed by atoms with Crippen LogP contribution in [0.25, 0.3) is 11.3 Å². The number of para-hydroxylation sites is 1. The van der Waals surface area contributed by atoms with Gasteiger partial charge in [-0.15, -0.1) is 23.7 Å². The summed E-state index contributed by atoms with van der Waals surface area (Å²) in [6.45, 7) is 0.497. The molecular formula is C16H14ClN3S2. The van der Waals surface area contributed by atoms with Gasteiger partial charge in [-0.3, -0.25) is 0 Å². The molecule has 0 saturated heterocycles. The molecule has 0 spiro atoms. The highest BCUT2D eigenvalue weighted by atomic mass is 35.5. The largest absolute Gasteiger partial charge is 0.354 e. The third-order valence-electron chi connectivity index (χ3n) is 3.38. The topological polar surface area (TPSA) is 50.9 Å². The molecule has 0 saturated carbocycles. The first-order valence-electron chi connectivity index (χ1n) is 6.66. The molecule has 3 aromatic rings. The minimum Gasteiger partial charge on any atom is -0.354 e. The lowest BCUT2D eigenvalue weighted by atomic mass is 10.1. The number of anilines is 2. The van der Waals surface area contributed by atoms with Crippen molar-refractivity contribution in [3.63, 3.8) is 0 Å². The van der Waals surface area contributed by atoms with Gasteiger partial charge in [0.1, 0.15) is 5.01 Å². The monoisotopic (exact) mass is 347 g/mol. The van der Waals surface area contributed by atoms with Gasteiger partial charge in [-0.05, 0) is 24.3 Å². The summed E-state index contributed by atoms with van der Waals surface area (Å²) in [5.74, 6) is 0. The van der Waals surface area contributed by atoms with Gasteiger partial charge < -0.3 is 11.1 Å². The summed E-state index contributed by atoms with van der Waals surface area (Å²) < 4.78 is 0. The molecule has 3 nitrogen and oxygen atoms in total. The molecule has 0 amide bonds. The van der Waals surface area contributed by atoms with E-state index in [4.69, 9.17) is 5.73 Å². The second-order valence-electron chi connectivity index (χ2n) is 4.76. The van der Waals surface area contributed by atoms with Crippen LogP contribution >= 0.6 is 35.5 Å². The van der Waals surface area contributed by atoms with Crippen LogP contribution in [0.5, 0.6) is 0 Å². The second-order valence-corrected chi connectivity index (χ2v) is 6.79. The van der Waals surface area contributed by atoms with Crippen LogP contribution in [-0.2, 0) is 6.54 Å².